The Labute approximate surface area is 444 Å². The second-order valence-electron chi connectivity index (χ2n) is 22.1. The highest BCUT2D eigenvalue weighted by Crippen LogP contribution is 2.56. The monoisotopic (exact) mass is 1020 g/mol. The number of amides is 4. The van der Waals surface area contributed by atoms with E-state index in [-0.39, 0.29) is 34.7 Å². The lowest BCUT2D eigenvalue weighted by Gasteiger charge is -2.30. The summed E-state index contributed by atoms with van der Waals surface area (Å²) in [4.78, 5) is 73.6. The summed E-state index contributed by atoms with van der Waals surface area (Å²) in [5, 5.41) is 5.52. The van der Waals surface area contributed by atoms with Gasteiger partial charge in [-0.2, -0.15) is 0 Å². The first-order valence-corrected chi connectivity index (χ1v) is 26.7. The maximum atomic E-state index is 14.2. The van der Waals surface area contributed by atoms with Crippen LogP contribution in [-0.4, -0.2) is 81.0 Å². The fourth-order valence-corrected chi connectivity index (χ4v) is 12.7. The first kappa shape index (κ1) is 50.2. The van der Waals surface area contributed by atoms with Crippen molar-refractivity contribution in [3.05, 3.63) is 167 Å². The van der Waals surface area contributed by atoms with Crippen LogP contribution in [-0.2, 0) is 42.7 Å². The number of hydrogen-bond donors (Lipinski definition) is 4. The largest absolute Gasteiger partial charge is 0.453 e. The van der Waals surface area contributed by atoms with E-state index in [2.05, 4.69) is 96.8 Å². The zero-order valence-electron chi connectivity index (χ0n) is 44.2. The van der Waals surface area contributed by atoms with Crippen LogP contribution in [0.1, 0.15) is 135 Å². The van der Waals surface area contributed by atoms with E-state index in [4.69, 9.17) is 19.4 Å². The van der Waals surface area contributed by atoms with Crippen LogP contribution in [0.5, 0.6) is 0 Å². The van der Waals surface area contributed by atoms with Crippen LogP contribution in [0.25, 0.3) is 44.8 Å². The molecule has 2 aliphatic heterocycles. The third kappa shape index (κ3) is 9.21. The summed E-state index contributed by atoms with van der Waals surface area (Å²) in [7, 11) is 2.59. The molecule has 0 saturated carbocycles. The number of benzene rings is 5. The van der Waals surface area contributed by atoms with Crippen LogP contribution >= 0.6 is 0 Å². The molecule has 14 heteroatoms. The first-order chi connectivity index (χ1) is 36.7. The van der Waals surface area contributed by atoms with Gasteiger partial charge in [-0.25, -0.2) is 19.6 Å². The molecule has 2 saturated heterocycles. The average Bonchev–Trinajstić information content (AvgIpc) is 4.38. The van der Waals surface area contributed by atoms with Crippen LogP contribution in [0.2, 0.25) is 0 Å². The molecular formula is C62H66N8O6. The maximum Gasteiger partial charge on any atom is 0.407 e. The fraction of sp³-hybridized carbons (Fsp3) is 0.355. The Hall–Kier alpha value is -8.00. The summed E-state index contributed by atoms with van der Waals surface area (Å²) >= 11 is 0. The summed E-state index contributed by atoms with van der Waals surface area (Å²) in [5.41, 5.74) is 16.1. The topological polar surface area (TPSA) is 175 Å². The van der Waals surface area contributed by atoms with Gasteiger partial charge in [0.1, 0.15) is 23.7 Å². The number of alkyl carbamates (subject to hydrolysis) is 2. The zero-order valence-corrected chi connectivity index (χ0v) is 44.2. The van der Waals surface area contributed by atoms with E-state index in [0.29, 0.717) is 24.2 Å². The Morgan fingerprint density at radius 1 is 0.553 bits per heavy atom. The van der Waals surface area contributed by atoms with Crippen LogP contribution in [0.3, 0.4) is 0 Å². The second kappa shape index (κ2) is 20.3. The molecule has 14 nitrogen and oxygen atoms in total. The van der Waals surface area contributed by atoms with Gasteiger partial charge in [-0.05, 0) is 129 Å². The normalized spacial score (nSPS) is 18.9. The van der Waals surface area contributed by atoms with E-state index < -0.39 is 24.3 Å². The molecule has 0 bridgehead atoms. The smallest absolute Gasteiger partial charge is 0.407 e. The number of imidazole rings is 2. The molecule has 0 radical (unpaired) electrons. The zero-order chi connectivity index (χ0) is 52.9. The van der Waals surface area contributed by atoms with Crippen molar-refractivity contribution >= 4 is 24.0 Å². The third-order valence-electron chi connectivity index (χ3n) is 16.6. The van der Waals surface area contributed by atoms with Crippen LogP contribution in [0.15, 0.2) is 122 Å². The third-order valence-corrected chi connectivity index (χ3v) is 16.6. The van der Waals surface area contributed by atoms with Gasteiger partial charge in [-0.3, -0.25) is 9.59 Å². The van der Waals surface area contributed by atoms with Gasteiger partial charge in [-0.15, -0.1) is 0 Å². The van der Waals surface area contributed by atoms with Crippen molar-refractivity contribution < 1.29 is 28.7 Å². The van der Waals surface area contributed by atoms with Gasteiger partial charge in [0, 0.05) is 13.1 Å². The van der Waals surface area contributed by atoms with Crippen LogP contribution < -0.4 is 10.6 Å². The van der Waals surface area contributed by atoms with Crippen LogP contribution in [0.4, 0.5) is 9.59 Å². The SMILES string of the molecule is COC(=O)NC(C(=O)N1CCC[C@H]1c1ncc(-c2ccc(-c3c4c(c(-c5ccc(-c6cnc([C@@H]7CCCN7C(=O)C(NC(=O)OC)c7ccccc7)[nH]6)cc5)c5c3C(C)(C)CC5)C(C)(C)CC4)cc2)[nH]1)c1ccccc1. The number of aromatic amines is 2. The lowest BCUT2D eigenvalue weighted by Crippen LogP contribution is -2.42. The first-order valence-electron chi connectivity index (χ1n) is 26.7. The van der Waals surface area contributed by atoms with Gasteiger partial charge in [0.2, 0.25) is 0 Å². The maximum absolute atomic E-state index is 14.2. The Kier molecular flexibility index (Phi) is 13.4. The number of carbonyl (C=O) groups excluding carboxylic acids is 4. The highest BCUT2D eigenvalue weighted by atomic mass is 16.5. The van der Waals surface area contributed by atoms with Gasteiger partial charge in [0.05, 0.1) is 50.1 Å². The molecule has 4 aliphatic rings. The molecule has 4 atom stereocenters. The highest BCUT2D eigenvalue weighted by molar-refractivity contribution is 5.90. The molecule has 2 fully saturated rings. The lowest BCUT2D eigenvalue weighted by atomic mass is 9.73. The molecule has 4 N–H and O–H groups in total. The molecule has 76 heavy (non-hydrogen) atoms. The standard InChI is InChI=1S/C62H66N8O6/c1-61(2)31-29-43-50(40-27-23-38(24-28-40)46-36-64-56(66-46)48-20-14-34-70(48)58(72)54(68-60(74)76-6)42-17-11-8-12-18-42)52-44(30-32-62(52,3)4)49(51(43)61)39-25-21-37(22-26-39)45-35-63-55(65-45)47-19-13-33-69(47)57(71)53(67-59(73)75-5)41-15-9-7-10-16-41/h7-12,15-18,21-28,35-36,47-48,53-54H,13-14,19-20,29-34H2,1-6H3,(H,63,65)(H,64,66)(H,67,73)(H,68,74)/t47-,48-,53?,54?/m0/s1. The molecular weight excluding hydrogens is 953 g/mol. The number of carbonyl (C=O) groups is 4. The lowest BCUT2D eigenvalue weighted by molar-refractivity contribution is -0.135. The molecule has 4 amide bonds. The van der Waals surface area contributed by atoms with Gasteiger partial charge < -0.3 is 39.9 Å². The molecule has 11 rings (SSSR count). The van der Waals surface area contributed by atoms with Gasteiger partial charge in [-0.1, -0.05) is 137 Å². The molecule has 2 unspecified atom stereocenters. The van der Waals surface area contributed by atoms with E-state index in [1.165, 1.54) is 58.7 Å². The average molecular weight is 1020 g/mol. The van der Waals surface area contributed by atoms with Crippen molar-refractivity contribution in [3.8, 4) is 44.8 Å². The van der Waals surface area contributed by atoms with Crippen molar-refractivity contribution in [1.29, 1.82) is 0 Å². The summed E-state index contributed by atoms with van der Waals surface area (Å²) < 4.78 is 9.80. The molecule has 2 aromatic heterocycles. The number of nitrogens with one attached hydrogen (secondary N) is 4. The number of likely N-dealkylation sites (tertiary alicyclic amines) is 2. The minimum Gasteiger partial charge on any atom is -0.453 e. The van der Waals surface area contributed by atoms with Gasteiger partial charge in [0.25, 0.3) is 11.8 Å². The van der Waals surface area contributed by atoms with Crippen LogP contribution in [0, 0.1) is 0 Å². The Morgan fingerprint density at radius 2 is 0.921 bits per heavy atom. The second-order valence-corrected chi connectivity index (χ2v) is 22.1. The minimum atomic E-state index is -0.886. The van der Waals surface area contributed by atoms with E-state index in [9.17, 15) is 19.2 Å². The number of rotatable bonds is 12. The number of nitrogens with zero attached hydrogens (tertiary/aromatic N) is 4. The van der Waals surface area contributed by atoms with Crippen molar-refractivity contribution in [1.82, 2.24) is 40.4 Å². The van der Waals surface area contributed by atoms with Gasteiger partial charge >= 0.3 is 12.2 Å². The van der Waals surface area contributed by atoms with E-state index in [1.54, 1.807) is 0 Å². The van der Waals surface area contributed by atoms with E-state index in [1.807, 2.05) is 82.9 Å². The summed E-state index contributed by atoms with van der Waals surface area (Å²) in [6, 6.07) is 34.1. The quantitative estimate of drug-likeness (QED) is 0.0935. The summed E-state index contributed by atoms with van der Waals surface area (Å²) in [5.74, 6) is 1.05. The molecule has 4 heterocycles. The molecule has 5 aromatic carbocycles. The van der Waals surface area contributed by atoms with Crippen molar-refractivity contribution in [2.24, 2.45) is 0 Å². The Balaban J connectivity index is 0.861. The predicted octanol–water partition coefficient (Wildman–Crippen LogP) is 11.8. The number of ether oxygens (including phenoxy) is 2. The fourth-order valence-electron chi connectivity index (χ4n) is 12.7. The van der Waals surface area contributed by atoms with Crippen molar-refractivity contribution in [2.45, 2.75) is 114 Å². The van der Waals surface area contributed by atoms with Crippen molar-refractivity contribution in [3.63, 3.8) is 0 Å². The Bertz CT molecular complexity index is 3090. The highest BCUT2D eigenvalue weighted by Gasteiger charge is 2.44. The number of hydrogen-bond acceptors (Lipinski definition) is 8. The van der Waals surface area contributed by atoms with Crippen molar-refractivity contribution in [2.75, 3.05) is 27.3 Å². The Morgan fingerprint density at radius 3 is 1.29 bits per heavy atom. The summed E-state index contributed by atoms with van der Waals surface area (Å²) in [6.45, 7) is 10.7. The summed E-state index contributed by atoms with van der Waals surface area (Å²) in [6.07, 6.45) is 9.67. The minimum absolute atomic E-state index is 0.0349. The predicted molar refractivity (Wildman–Crippen MR) is 292 cm³/mol. The molecule has 390 valence electrons. The molecule has 0 spiro atoms. The van der Waals surface area contributed by atoms with E-state index in [0.717, 1.165) is 85.5 Å². The number of aromatic nitrogens is 4. The molecule has 2 aliphatic carbocycles. The molecule has 7 aromatic rings. The number of methoxy groups -OCH3 is 2. The van der Waals surface area contributed by atoms with E-state index >= 15 is 0 Å². The van der Waals surface area contributed by atoms with Gasteiger partial charge in [0.15, 0.2) is 0 Å². The number of H-pyrrole nitrogens is 2. The number of fused-ring (bicyclic) bond motifs is 2.